The van der Waals surface area contributed by atoms with E-state index in [1.807, 2.05) is 7.11 Å². The lowest BCUT2D eigenvalue weighted by atomic mass is 9.76. The molecule has 1 saturated carbocycles. The summed E-state index contributed by atoms with van der Waals surface area (Å²) < 4.78 is 11.8. The lowest BCUT2D eigenvalue weighted by Crippen LogP contribution is -2.48. The summed E-state index contributed by atoms with van der Waals surface area (Å²) in [6.07, 6.45) is 6.99. The van der Waals surface area contributed by atoms with Crippen molar-refractivity contribution in [1.82, 2.24) is 4.90 Å². The maximum Gasteiger partial charge on any atom is 0.122 e. The summed E-state index contributed by atoms with van der Waals surface area (Å²) in [7, 11) is 1.89. The highest BCUT2D eigenvalue weighted by atomic mass is 16.5. The molecule has 1 aromatic carbocycles. The van der Waals surface area contributed by atoms with Gasteiger partial charge in [0.05, 0.1) is 6.10 Å². The number of rotatable bonds is 5. The van der Waals surface area contributed by atoms with Gasteiger partial charge in [0, 0.05) is 25.6 Å². The zero-order valence-electron chi connectivity index (χ0n) is 14.9. The van der Waals surface area contributed by atoms with Crippen molar-refractivity contribution in [2.24, 2.45) is 5.41 Å². The number of benzene rings is 1. The SMILES string of the molecule is CO[C@@H]1CCC[C@@]12CCCN(CCOc1ccc(C)cc1C)C2. The predicted molar refractivity (Wildman–Crippen MR) is 94.2 cm³/mol. The first kappa shape index (κ1) is 16.8. The molecule has 3 heteroatoms. The maximum atomic E-state index is 6.03. The molecule has 2 atom stereocenters. The van der Waals surface area contributed by atoms with Gasteiger partial charge in [0.2, 0.25) is 0 Å². The van der Waals surface area contributed by atoms with E-state index in [4.69, 9.17) is 9.47 Å². The van der Waals surface area contributed by atoms with E-state index in [9.17, 15) is 0 Å². The predicted octanol–water partition coefficient (Wildman–Crippen LogP) is 3.96. The fraction of sp³-hybridized carbons (Fsp3) is 0.700. The summed E-state index contributed by atoms with van der Waals surface area (Å²) in [5.74, 6) is 1.03. The van der Waals surface area contributed by atoms with Crippen molar-refractivity contribution in [2.45, 2.75) is 52.1 Å². The van der Waals surface area contributed by atoms with Gasteiger partial charge in [-0.2, -0.15) is 0 Å². The lowest BCUT2D eigenvalue weighted by Gasteiger charge is -2.43. The molecule has 0 radical (unpaired) electrons. The highest BCUT2D eigenvalue weighted by molar-refractivity contribution is 5.35. The van der Waals surface area contributed by atoms with Crippen molar-refractivity contribution in [1.29, 1.82) is 0 Å². The van der Waals surface area contributed by atoms with Crippen molar-refractivity contribution in [3.8, 4) is 5.75 Å². The molecular formula is C20H31NO2. The number of hydrogen-bond donors (Lipinski definition) is 0. The molecule has 3 rings (SSSR count). The highest BCUT2D eigenvalue weighted by Gasteiger charge is 2.45. The first-order valence-electron chi connectivity index (χ1n) is 9.08. The Hall–Kier alpha value is -1.06. The van der Waals surface area contributed by atoms with Crippen LogP contribution in [0.4, 0.5) is 0 Å². The Balaban J connectivity index is 1.52. The van der Waals surface area contributed by atoms with E-state index < -0.39 is 0 Å². The Kier molecular flexibility index (Phi) is 5.27. The van der Waals surface area contributed by atoms with Gasteiger partial charge >= 0.3 is 0 Å². The maximum absolute atomic E-state index is 6.03. The average molecular weight is 317 g/mol. The summed E-state index contributed by atoms with van der Waals surface area (Å²) in [5, 5.41) is 0. The van der Waals surface area contributed by atoms with Gasteiger partial charge < -0.3 is 9.47 Å². The van der Waals surface area contributed by atoms with E-state index in [1.54, 1.807) is 0 Å². The van der Waals surface area contributed by atoms with Gasteiger partial charge in [-0.3, -0.25) is 4.90 Å². The van der Waals surface area contributed by atoms with Crippen molar-refractivity contribution in [2.75, 3.05) is 33.4 Å². The Morgan fingerprint density at radius 1 is 1.22 bits per heavy atom. The third-order valence-electron chi connectivity index (χ3n) is 5.79. The summed E-state index contributed by atoms with van der Waals surface area (Å²) >= 11 is 0. The Morgan fingerprint density at radius 3 is 2.83 bits per heavy atom. The molecule has 2 fully saturated rings. The molecule has 2 aliphatic rings. The van der Waals surface area contributed by atoms with Gasteiger partial charge in [0.25, 0.3) is 0 Å². The zero-order valence-corrected chi connectivity index (χ0v) is 14.9. The average Bonchev–Trinajstić information content (AvgIpc) is 2.91. The number of likely N-dealkylation sites (tertiary alicyclic amines) is 1. The molecule has 1 spiro atoms. The summed E-state index contributed by atoms with van der Waals surface area (Å²) in [6, 6.07) is 6.41. The lowest BCUT2D eigenvalue weighted by molar-refractivity contribution is -0.0366. The van der Waals surface area contributed by atoms with Gasteiger partial charge in [0.15, 0.2) is 0 Å². The second kappa shape index (κ2) is 7.23. The molecule has 128 valence electrons. The zero-order chi connectivity index (χ0) is 16.3. The normalized spacial score (nSPS) is 28.4. The third kappa shape index (κ3) is 3.72. The van der Waals surface area contributed by atoms with Crippen LogP contribution in [0.2, 0.25) is 0 Å². The van der Waals surface area contributed by atoms with Crippen LogP contribution in [0.3, 0.4) is 0 Å². The molecule has 0 aromatic heterocycles. The van der Waals surface area contributed by atoms with Gasteiger partial charge in [-0.15, -0.1) is 0 Å². The van der Waals surface area contributed by atoms with Crippen LogP contribution in [0.1, 0.15) is 43.2 Å². The number of methoxy groups -OCH3 is 1. The molecule has 3 nitrogen and oxygen atoms in total. The van der Waals surface area contributed by atoms with Crippen molar-refractivity contribution in [3.05, 3.63) is 29.3 Å². The van der Waals surface area contributed by atoms with Crippen LogP contribution in [-0.2, 0) is 4.74 Å². The molecule has 1 heterocycles. The first-order chi connectivity index (χ1) is 11.1. The number of aryl methyl sites for hydroxylation is 2. The third-order valence-corrected chi connectivity index (χ3v) is 5.79. The van der Waals surface area contributed by atoms with Crippen LogP contribution in [-0.4, -0.2) is 44.4 Å². The minimum atomic E-state index is 0.409. The number of ether oxygens (including phenoxy) is 2. The van der Waals surface area contributed by atoms with E-state index in [-0.39, 0.29) is 0 Å². The molecule has 23 heavy (non-hydrogen) atoms. The second-order valence-electron chi connectivity index (χ2n) is 7.48. The Bertz CT molecular complexity index is 530. The van der Waals surface area contributed by atoms with Crippen LogP contribution in [0.5, 0.6) is 5.75 Å². The molecule has 1 aromatic rings. The molecule has 0 amide bonds. The van der Waals surface area contributed by atoms with Crippen molar-refractivity contribution in [3.63, 3.8) is 0 Å². The van der Waals surface area contributed by atoms with Crippen LogP contribution in [0.25, 0.3) is 0 Å². The molecule has 1 aliphatic carbocycles. The molecular weight excluding hydrogens is 286 g/mol. The van der Waals surface area contributed by atoms with E-state index in [0.29, 0.717) is 11.5 Å². The monoisotopic (exact) mass is 317 g/mol. The first-order valence-corrected chi connectivity index (χ1v) is 9.08. The number of hydrogen-bond acceptors (Lipinski definition) is 3. The van der Waals surface area contributed by atoms with E-state index in [1.165, 1.54) is 56.3 Å². The quantitative estimate of drug-likeness (QED) is 0.820. The molecule has 1 aliphatic heterocycles. The summed E-state index contributed by atoms with van der Waals surface area (Å²) in [6.45, 7) is 8.43. The standard InChI is InChI=1S/C20H31NO2/c1-16-7-8-18(17(2)14-16)23-13-12-21-11-5-10-20(15-21)9-4-6-19(20)22-3/h7-8,14,19H,4-6,9-13,15H2,1-3H3/t19-,20+/m1/s1. The van der Waals surface area contributed by atoms with E-state index in [2.05, 4.69) is 36.9 Å². The summed E-state index contributed by atoms with van der Waals surface area (Å²) in [4.78, 5) is 2.59. The van der Waals surface area contributed by atoms with E-state index >= 15 is 0 Å². The van der Waals surface area contributed by atoms with Crippen LogP contribution < -0.4 is 4.74 Å². The van der Waals surface area contributed by atoms with Crippen molar-refractivity contribution < 1.29 is 9.47 Å². The Morgan fingerprint density at radius 2 is 2.04 bits per heavy atom. The van der Waals surface area contributed by atoms with Gasteiger partial charge in [-0.05, 0) is 57.7 Å². The van der Waals surface area contributed by atoms with Crippen LogP contribution >= 0.6 is 0 Å². The minimum Gasteiger partial charge on any atom is -0.492 e. The minimum absolute atomic E-state index is 0.409. The topological polar surface area (TPSA) is 21.7 Å². The fourth-order valence-corrected chi connectivity index (χ4v) is 4.64. The molecule has 0 unspecified atom stereocenters. The summed E-state index contributed by atoms with van der Waals surface area (Å²) in [5.41, 5.74) is 2.93. The smallest absolute Gasteiger partial charge is 0.122 e. The molecule has 0 bridgehead atoms. The van der Waals surface area contributed by atoms with Gasteiger partial charge in [0.1, 0.15) is 12.4 Å². The molecule has 1 saturated heterocycles. The van der Waals surface area contributed by atoms with Crippen LogP contribution in [0, 0.1) is 19.3 Å². The fourth-order valence-electron chi connectivity index (χ4n) is 4.64. The van der Waals surface area contributed by atoms with E-state index in [0.717, 1.165) is 18.9 Å². The molecule has 0 N–H and O–H groups in total. The Labute approximate surface area is 141 Å². The highest BCUT2D eigenvalue weighted by Crippen LogP contribution is 2.46. The number of nitrogens with zero attached hydrogens (tertiary/aromatic N) is 1. The van der Waals surface area contributed by atoms with Gasteiger partial charge in [-0.1, -0.05) is 24.1 Å². The second-order valence-corrected chi connectivity index (χ2v) is 7.48. The van der Waals surface area contributed by atoms with Gasteiger partial charge in [-0.25, -0.2) is 0 Å². The van der Waals surface area contributed by atoms with Crippen molar-refractivity contribution >= 4 is 0 Å². The number of piperidine rings is 1. The largest absolute Gasteiger partial charge is 0.492 e. The van der Waals surface area contributed by atoms with Crippen LogP contribution in [0.15, 0.2) is 18.2 Å².